The molecule has 1 aromatic carbocycles. The van der Waals surface area contributed by atoms with Gasteiger partial charge in [0.05, 0.1) is 38.3 Å². The first-order valence-corrected chi connectivity index (χ1v) is 13.4. The maximum Gasteiger partial charge on any atom is 0.326 e. The normalized spacial score (nSPS) is 11.2. The number of carbonyl (C=O) groups excluding carboxylic acids is 2. The lowest BCUT2D eigenvalue weighted by molar-refractivity contribution is -0.139. The zero-order valence-corrected chi connectivity index (χ0v) is 23.9. The molecule has 42 heavy (non-hydrogen) atoms. The summed E-state index contributed by atoms with van der Waals surface area (Å²) in [5.41, 5.74) is 6.58. The first kappa shape index (κ1) is 33.6. The lowest BCUT2D eigenvalue weighted by atomic mass is 10.1. The third-order valence-corrected chi connectivity index (χ3v) is 5.37. The molecule has 15 nitrogen and oxygen atoms in total. The van der Waals surface area contributed by atoms with Crippen molar-refractivity contribution in [2.75, 3.05) is 44.5 Å². The number of nitrogen functional groups attached to an aromatic ring is 1. The summed E-state index contributed by atoms with van der Waals surface area (Å²) in [4.78, 5) is 62.8. The maximum atomic E-state index is 12.6. The Labute approximate surface area is 242 Å². The van der Waals surface area contributed by atoms with Gasteiger partial charge in [0.2, 0.25) is 11.9 Å². The van der Waals surface area contributed by atoms with E-state index in [0.29, 0.717) is 31.2 Å². The van der Waals surface area contributed by atoms with Crippen LogP contribution in [0.3, 0.4) is 0 Å². The van der Waals surface area contributed by atoms with Crippen molar-refractivity contribution in [1.82, 2.24) is 30.6 Å². The first-order valence-electron chi connectivity index (χ1n) is 13.4. The molecule has 0 saturated heterocycles. The number of carboxylic acid groups (broad SMARTS) is 1. The Kier molecular flexibility index (Phi) is 14.3. The number of aliphatic carboxylic acids is 1. The quantitative estimate of drug-likeness (QED) is 0.138. The molecule has 0 aliphatic carbocycles. The lowest BCUT2D eigenvalue weighted by Gasteiger charge is -2.15. The van der Waals surface area contributed by atoms with Gasteiger partial charge >= 0.3 is 5.97 Å². The fourth-order valence-corrected chi connectivity index (χ4v) is 3.36. The molecule has 0 radical (unpaired) electrons. The Balaban J connectivity index is 0.00000197. The third-order valence-electron chi connectivity index (χ3n) is 5.37. The number of benzene rings is 1. The highest BCUT2D eigenvalue weighted by Crippen LogP contribution is 2.12. The number of aromatic nitrogens is 4. The summed E-state index contributed by atoms with van der Waals surface area (Å²) in [5.74, 6) is -2.23. The molecule has 2 amide bonds. The minimum absolute atomic E-state index is 0.0486. The third kappa shape index (κ3) is 11.5. The van der Waals surface area contributed by atoms with Crippen molar-refractivity contribution < 1.29 is 29.0 Å². The fourth-order valence-electron chi connectivity index (χ4n) is 3.36. The van der Waals surface area contributed by atoms with Crippen molar-refractivity contribution in [3.8, 4) is 0 Å². The molecule has 1 atom stereocenters. The molecular formula is C27H38N8O7. The number of nitrogens with two attached hydrogens (primary N) is 1. The summed E-state index contributed by atoms with van der Waals surface area (Å²) in [6.45, 7) is 5.94. The number of carboxylic acids is 1. The van der Waals surface area contributed by atoms with E-state index in [9.17, 15) is 24.3 Å². The van der Waals surface area contributed by atoms with Gasteiger partial charge in [-0.2, -0.15) is 4.98 Å². The predicted molar refractivity (Wildman–Crippen MR) is 156 cm³/mol. The van der Waals surface area contributed by atoms with E-state index in [0.717, 1.165) is 0 Å². The molecule has 0 saturated carbocycles. The summed E-state index contributed by atoms with van der Waals surface area (Å²) >= 11 is 0. The van der Waals surface area contributed by atoms with Crippen LogP contribution in [0.15, 0.2) is 35.3 Å². The zero-order chi connectivity index (χ0) is 30.9. The second-order valence-electron chi connectivity index (χ2n) is 8.98. The van der Waals surface area contributed by atoms with Crippen LogP contribution in [-0.2, 0) is 25.6 Å². The number of anilines is 2. The van der Waals surface area contributed by atoms with Gasteiger partial charge in [-0.15, -0.1) is 0 Å². The smallest absolute Gasteiger partial charge is 0.326 e. The van der Waals surface area contributed by atoms with Crippen LogP contribution in [0.1, 0.15) is 49.2 Å². The van der Waals surface area contributed by atoms with Crippen LogP contribution in [-0.4, -0.2) is 82.3 Å². The van der Waals surface area contributed by atoms with Crippen LogP contribution in [0.4, 0.5) is 11.6 Å². The van der Waals surface area contributed by atoms with E-state index in [-0.39, 0.29) is 54.5 Å². The van der Waals surface area contributed by atoms with Gasteiger partial charge in [-0.1, -0.05) is 20.3 Å². The van der Waals surface area contributed by atoms with Gasteiger partial charge in [-0.05, 0) is 30.7 Å². The van der Waals surface area contributed by atoms with Crippen LogP contribution in [0.2, 0.25) is 0 Å². The molecule has 0 aliphatic heterocycles. The average Bonchev–Trinajstić information content (AvgIpc) is 2.96. The second kappa shape index (κ2) is 17.9. The van der Waals surface area contributed by atoms with Crippen LogP contribution < -0.4 is 27.2 Å². The molecule has 1 unspecified atom stereocenters. The van der Waals surface area contributed by atoms with E-state index in [4.69, 9.17) is 15.2 Å². The van der Waals surface area contributed by atoms with Gasteiger partial charge in [0.25, 0.3) is 11.5 Å². The van der Waals surface area contributed by atoms with Crippen molar-refractivity contribution in [3.63, 3.8) is 0 Å². The Bertz CT molecular complexity index is 1360. The van der Waals surface area contributed by atoms with Crippen molar-refractivity contribution in [2.24, 2.45) is 0 Å². The van der Waals surface area contributed by atoms with Crippen molar-refractivity contribution in [3.05, 3.63) is 52.1 Å². The number of nitrogens with one attached hydrogen (secondary N) is 4. The molecule has 2 aromatic heterocycles. The average molecular weight is 587 g/mol. The molecule has 228 valence electrons. The van der Waals surface area contributed by atoms with Gasteiger partial charge in [-0.3, -0.25) is 19.4 Å². The van der Waals surface area contributed by atoms with Crippen molar-refractivity contribution in [2.45, 2.75) is 45.7 Å². The number of ether oxygens (including phenoxy) is 2. The molecule has 0 spiro atoms. The minimum Gasteiger partial charge on any atom is -0.480 e. The molecule has 0 fully saturated rings. The highest BCUT2D eigenvalue weighted by atomic mass is 16.5. The Morgan fingerprint density at radius 1 is 1.10 bits per heavy atom. The molecule has 2 heterocycles. The van der Waals surface area contributed by atoms with Gasteiger partial charge in [0.15, 0.2) is 11.2 Å². The number of methoxy groups -OCH3 is 1. The standard InChI is InChI=1S/C24H30N8O7.C3H8/c1-38-10-11-39-9-8-26-18(33)7-6-17(23(36)37)30-21(34)14-2-4-15(5-3-14)27-12-16-13-28-20-19(29-16)22(35)32-24(25)31-20;1-3-2/h2-5,13,17,27H,6-12H2,1H3,(H,26,33)(H,30,34)(H,36,37)(H3,25,28,31,32,35);3H2,1-2H3. The number of amides is 2. The van der Waals surface area contributed by atoms with Crippen LogP contribution >= 0.6 is 0 Å². The SMILES string of the molecule is CCC.COCCOCCNC(=O)CCC(NC(=O)c1ccc(NCc2cnc3nc(N)[nH]c(=O)c3n2)cc1)C(=O)O. The molecule has 7 N–H and O–H groups in total. The number of aromatic amines is 1. The Morgan fingerprint density at radius 3 is 2.48 bits per heavy atom. The molecule has 15 heteroatoms. The summed E-state index contributed by atoms with van der Waals surface area (Å²) in [6.07, 6.45) is 2.56. The topological polar surface area (TPSA) is 224 Å². The van der Waals surface area contributed by atoms with Crippen molar-refractivity contribution >= 4 is 40.6 Å². The zero-order valence-electron chi connectivity index (χ0n) is 23.9. The number of carbonyl (C=O) groups is 3. The lowest BCUT2D eigenvalue weighted by Crippen LogP contribution is -2.41. The van der Waals surface area contributed by atoms with Crippen LogP contribution in [0, 0.1) is 0 Å². The second-order valence-corrected chi connectivity index (χ2v) is 8.98. The van der Waals surface area contributed by atoms with Gasteiger partial charge < -0.3 is 36.3 Å². The Morgan fingerprint density at radius 2 is 1.81 bits per heavy atom. The molecular weight excluding hydrogens is 548 g/mol. The van der Waals surface area contributed by atoms with Gasteiger partial charge in [-0.25, -0.2) is 14.8 Å². The number of nitrogens with zero attached hydrogens (tertiary/aromatic N) is 3. The summed E-state index contributed by atoms with van der Waals surface area (Å²) < 4.78 is 10.1. The van der Waals surface area contributed by atoms with Gasteiger partial charge in [0.1, 0.15) is 6.04 Å². The fraction of sp³-hybridized carbons (Fsp3) is 0.444. The first-order chi connectivity index (χ1) is 20.2. The maximum absolute atomic E-state index is 12.6. The minimum atomic E-state index is -1.24. The summed E-state index contributed by atoms with van der Waals surface area (Å²) in [6, 6.07) is 5.08. The summed E-state index contributed by atoms with van der Waals surface area (Å²) in [7, 11) is 1.56. The number of hydrogen-bond acceptors (Lipinski definition) is 11. The monoisotopic (exact) mass is 586 g/mol. The van der Waals surface area contributed by atoms with Crippen LogP contribution in [0.25, 0.3) is 11.2 Å². The molecule has 3 rings (SSSR count). The molecule has 0 aliphatic rings. The highest BCUT2D eigenvalue weighted by molar-refractivity contribution is 5.97. The molecule has 0 bridgehead atoms. The number of hydrogen-bond donors (Lipinski definition) is 6. The predicted octanol–water partition coefficient (Wildman–Crippen LogP) is 1.07. The van der Waals surface area contributed by atoms with Crippen LogP contribution in [0.5, 0.6) is 0 Å². The number of rotatable bonds is 15. The highest BCUT2D eigenvalue weighted by Gasteiger charge is 2.21. The van der Waals surface area contributed by atoms with E-state index < -0.39 is 23.5 Å². The number of fused-ring (bicyclic) bond motifs is 1. The van der Waals surface area contributed by atoms with Gasteiger partial charge in [0, 0.05) is 31.3 Å². The van der Waals surface area contributed by atoms with E-state index in [2.05, 4.69) is 49.7 Å². The largest absolute Gasteiger partial charge is 0.480 e. The number of H-pyrrole nitrogens is 1. The van der Waals surface area contributed by atoms with E-state index >= 15 is 0 Å². The van der Waals surface area contributed by atoms with Crippen molar-refractivity contribution in [1.29, 1.82) is 0 Å². The van der Waals surface area contributed by atoms with E-state index in [1.165, 1.54) is 24.8 Å². The molecule has 3 aromatic rings. The Hall–Kier alpha value is -4.63. The van der Waals surface area contributed by atoms with E-state index in [1.54, 1.807) is 19.2 Å². The summed E-state index contributed by atoms with van der Waals surface area (Å²) in [5, 5.41) is 17.6. The van der Waals surface area contributed by atoms with E-state index in [1.807, 2.05) is 0 Å².